The number of aromatic hydroxyl groups is 1. The maximum absolute atomic E-state index is 11.6. The van der Waals surface area contributed by atoms with Crippen molar-refractivity contribution in [2.45, 2.75) is 13.3 Å². The number of methoxy groups -OCH3 is 1. The van der Waals surface area contributed by atoms with Crippen molar-refractivity contribution < 1.29 is 19.4 Å². The number of rotatable bonds is 6. The van der Waals surface area contributed by atoms with Crippen molar-refractivity contribution in [1.29, 1.82) is 0 Å². The van der Waals surface area contributed by atoms with Crippen LogP contribution in [0.1, 0.15) is 12.5 Å². The summed E-state index contributed by atoms with van der Waals surface area (Å²) < 4.78 is 9.83. The van der Waals surface area contributed by atoms with E-state index in [0.29, 0.717) is 13.0 Å². The summed E-state index contributed by atoms with van der Waals surface area (Å²) in [5, 5.41) is 9.14. The maximum Gasteiger partial charge on any atom is 0.309 e. The SMILES string of the molecule is COCCOC(=O)C(C)Cc1ccc(O)cc1. The van der Waals surface area contributed by atoms with Crippen molar-refractivity contribution in [3.63, 3.8) is 0 Å². The molecule has 0 aromatic heterocycles. The molecule has 0 heterocycles. The largest absolute Gasteiger partial charge is 0.508 e. The van der Waals surface area contributed by atoms with Gasteiger partial charge in [0.1, 0.15) is 12.4 Å². The first-order valence-corrected chi connectivity index (χ1v) is 5.57. The lowest BCUT2D eigenvalue weighted by atomic mass is 10.0. The van der Waals surface area contributed by atoms with E-state index in [2.05, 4.69) is 0 Å². The molecule has 0 saturated carbocycles. The summed E-state index contributed by atoms with van der Waals surface area (Å²) in [7, 11) is 1.56. The summed E-state index contributed by atoms with van der Waals surface area (Å²) in [6.07, 6.45) is 0.603. The zero-order valence-electron chi connectivity index (χ0n) is 10.2. The summed E-state index contributed by atoms with van der Waals surface area (Å²) in [6.45, 7) is 2.52. The third-order valence-corrected chi connectivity index (χ3v) is 2.41. The molecule has 1 unspecified atom stereocenters. The Morgan fingerprint density at radius 3 is 2.53 bits per heavy atom. The molecule has 1 atom stereocenters. The molecule has 4 heteroatoms. The van der Waals surface area contributed by atoms with Crippen molar-refractivity contribution in [2.75, 3.05) is 20.3 Å². The number of esters is 1. The maximum atomic E-state index is 11.6. The molecule has 0 aliphatic heterocycles. The molecule has 0 radical (unpaired) electrons. The van der Waals surface area contributed by atoms with Crippen LogP contribution in [0.2, 0.25) is 0 Å². The minimum absolute atomic E-state index is 0.198. The van der Waals surface area contributed by atoms with Gasteiger partial charge in [-0.2, -0.15) is 0 Å². The van der Waals surface area contributed by atoms with E-state index in [1.165, 1.54) is 0 Å². The van der Waals surface area contributed by atoms with Gasteiger partial charge >= 0.3 is 5.97 Å². The number of phenols is 1. The Kier molecular flexibility index (Phi) is 5.49. The summed E-state index contributed by atoms with van der Waals surface area (Å²) in [6, 6.07) is 6.82. The fourth-order valence-corrected chi connectivity index (χ4v) is 1.44. The average Bonchev–Trinajstić information content (AvgIpc) is 2.32. The quantitative estimate of drug-likeness (QED) is 0.606. The molecule has 0 aliphatic rings. The first-order valence-electron chi connectivity index (χ1n) is 5.57. The van der Waals surface area contributed by atoms with Crippen LogP contribution >= 0.6 is 0 Å². The van der Waals surface area contributed by atoms with E-state index in [0.717, 1.165) is 5.56 Å². The molecule has 0 fully saturated rings. The molecule has 1 rings (SSSR count). The van der Waals surface area contributed by atoms with Gasteiger partial charge in [0.25, 0.3) is 0 Å². The van der Waals surface area contributed by atoms with E-state index in [9.17, 15) is 4.79 Å². The smallest absolute Gasteiger partial charge is 0.309 e. The van der Waals surface area contributed by atoms with Crippen LogP contribution in [-0.4, -0.2) is 31.4 Å². The lowest BCUT2D eigenvalue weighted by Gasteiger charge is -2.11. The molecule has 0 bridgehead atoms. The van der Waals surface area contributed by atoms with Crippen LogP contribution in [0.5, 0.6) is 5.75 Å². The van der Waals surface area contributed by atoms with Gasteiger partial charge in [-0.25, -0.2) is 0 Å². The van der Waals surface area contributed by atoms with E-state index in [1.54, 1.807) is 31.4 Å². The number of carbonyl (C=O) groups excluding carboxylic acids is 1. The van der Waals surface area contributed by atoms with Gasteiger partial charge in [0.2, 0.25) is 0 Å². The second-order valence-electron chi connectivity index (χ2n) is 3.93. The number of phenolic OH excluding ortho intramolecular Hbond substituents is 1. The van der Waals surface area contributed by atoms with E-state index in [4.69, 9.17) is 14.6 Å². The highest BCUT2D eigenvalue weighted by atomic mass is 16.6. The van der Waals surface area contributed by atoms with Crippen molar-refractivity contribution in [1.82, 2.24) is 0 Å². The molecule has 0 amide bonds. The third kappa shape index (κ3) is 4.87. The van der Waals surface area contributed by atoms with Crippen molar-refractivity contribution in [2.24, 2.45) is 5.92 Å². The summed E-state index contributed by atoms with van der Waals surface area (Å²) in [5.41, 5.74) is 0.999. The van der Waals surface area contributed by atoms with Crippen LogP contribution in [0.25, 0.3) is 0 Å². The van der Waals surface area contributed by atoms with Crippen LogP contribution in [0.15, 0.2) is 24.3 Å². The molecule has 0 aliphatic carbocycles. The number of benzene rings is 1. The number of hydrogen-bond donors (Lipinski definition) is 1. The minimum Gasteiger partial charge on any atom is -0.508 e. The Hall–Kier alpha value is -1.55. The van der Waals surface area contributed by atoms with Crippen molar-refractivity contribution in [3.8, 4) is 5.75 Å². The minimum atomic E-state index is -0.227. The topological polar surface area (TPSA) is 55.8 Å². The van der Waals surface area contributed by atoms with Gasteiger partial charge in [-0.15, -0.1) is 0 Å². The van der Waals surface area contributed by atoms with Crippen LogP contribution < -0.4 is 0 Å². The average molecular weight is 238 g/mol. The van der Waals surface area contributed by atoms with Crippen LogP contribution in [-0.2, 0) is 20.7 Å². The highest BCUT2D eigenvalue weighted by Gasteiger charge is 2.14. The normalized spacial score (nSPS) is 12.1. The lowest BCUT2D eigenvalue weighted by molar-refractivity contribution is -0.149. The molecule has 94 valence electrons. The Morgan fingerprint density at radius 2 is 1.94 bits per heavy atom. The van der Waals surface area contributed by atoms with Gasteiger partial charge < -0.3 is 14.6 Å². The molecule has 1 N–H and O–H groups in total. The monoisotopic (exact) mass is 238 g/mol. The van der Waals surface area contributed by atoms with Crippen molar-refractivity contribution in [3.05, 3.63) is 29.8 Å². The Bertz CT molecular complexity index is 345. The Balaban J connectivity index is 2.40. The fourth-order valence-electron chi connectivity index (χ4n) is 1.44. The highest BCUT2D eigenvalue weighted by molar-refractivity contribution is 5.72. The van der Waals surface area contributed by atoms with E-state index < -0.39 is 0 Å². The second kappa shape index (κ2) is 6.91. The molecule has 4 nitrogen and oxygen atoms in total. The molecule has 1 aromatic rings. The van der Waals surface area contributed by atoms with Gasteiger partial charge in [0.05, 0.1) is 12.5 Å². The molecule has 1 aromatic carbocycles. The van der Waals surface area contributed by atoms with Crippen molar-refractivity contribution >= 4 is 5.97 Å². The first-order chi connectivity index (χ1) is 8.13. The third-order valence-electron chi connectivity index (χ3n) is 2.41. The number of hydrogen-bond acceptors (Lipinski definition) is 4. The number of ether oxygens (including phenoxy) is 2. The first kappa shape index (κ1) is 13.5. The molecular weight excluding hydrogens is 220 g/mol. The van der Waals surface area contributed by atoms with E-state index in [-0.39, 0.29) is 24.2 Å². The Morgan fingerprint density at radius 1 is 1.29 bits per heavy atom. The van der Waals surface area contributed by atoms with E-state index in [1.807, 2.05) is 6.92 Å². The molecule has 0 spiro atoms. The van der Waals surface area contributed by atoms with Gasteiger partial charge in [-0.05, 0) is 24.1 Å². The Labute approximate surface area is 101 Å². The number of carbonyl (C=O) groups is 1. The standard InChI is InChI=1S/C13H18O4/c1-10(13(15)17-8-7-16-2)9-11-3-5-12(14)6-4-11/h3-6,10,14H,7-9H2,1-2H3. The second-order valence-corrected chi connectivity index (χ2v) is 3.93. The summed E-state index contributed by atoms with van der Waals surface area (Å²) in [4.78, 5) is 11.6. The van der Waals surface area contributed by atoms with Gasteiger partial charge in [0.15, 0.2) is 0 Å². The van der Waals surface area contributed by atoms with Gasteiger partial charge in [0, 0.05) is 7.11 Å². The van der Waals surface area contributed by atoms with Gasteiger partial charge in [-0.1, -0.05) is 19.1 Å². The van der Waals surface area contributed by atoms with Crippen LogP contribution in [0, 0.1) is 5.92 Å². The molecule has 17 heavy (non-hydrogen) atoms. The summed E-state index contributed by atoms with van der Waals surface area (Å²) >= 11 is 0. The molecular formula is C13H18O4. The zero-order chi connectivity index (χ0) is 12.7. The fraction of sp³-hybridized carbons (Fsp3) is 0.462. The predicted octanol–water partition coefficient (Wildman–Crippen LogP) is 1.76. The lowest BCUT2D eigenvalue weighted by Crippen LogP contribution is -2.19. The predicted molar refractivity (Wildman–Crippen MR) is 63.8 cm³/mol. The highest BCUT2D eigenvalue weighted by Crippen LogP contribution is 2.14. The van der Waals surface area contributed by atoms with E-state index >= 15 is 0 Å². The molecule has 0 saturated heterocycles. The summed E-state index contributed by atoms with van der Waals surface area (Å²) in [5.74, 6) is -0.199. The van der Waals surface area contributed by atoms with Crippen LogP contribution in [0.3, 0.4) is 0 Å². The van der Waals surface area contributed by atoms with Crippen LogP contribution in [0.4, 0.5) is 0 Å². The van der Waals surface area contributed by atoms with Gasteiger partial charge in [-0.3, -0.25) is 4.79 Å². The zero-order valence-corrected chi connectivity index (χ0v) is 10.2.